The van der Waals surface area contributed by atoms with Crippen LogP contribution in [0.25, 0.3) is 10.6 Å². The number of aliphatic hydroxyl groups is 1. The lowest BCUT2D eigenvalue weighted by Gasteiger charge is -2.08. The highest BCUT2D eigenvalue weighted by Crippen LogP contribution is 2.27. The molecule has 1 amide bonds. The van der Waals surface area contributed by atoms with Crippen molar-refractivity contribution in [2.75, 3.05) is 0 Å². The number of nitrogens with one attached hydrogen (secondary N) is 1. The third kappa shape index (κ3) is 2.93. The van der Waals surface area contributed by atoms with E-state index >= 15 is 0 Å². The Labute approximate surface area is 131 Å². The Morgan fingerprint density at radius 2 is 2.05 bits per heavy atom. The fourth-order valence-corrected chi connectivity index (χ4v) is 2.85. The van der Waals surface area contributed by atoms with Crippen LogP contribution in [0.3, 0.4) is 0 Å². The van der Waals surface area contributed by atoms with Crippen molar-refractivity contribution < 1.29 is 14.3 Å². The van der Waals surface area contributed by atoms with Crippen molar-refractivity contribution in [3.05, 3.63) is 65.0 Å². The molecule has 3 rings (SSSR count). The van der Waals surface area contributed by atoms with Crippen molar-refractivity contribution in [1.82, 2.24) is 10.3 Å². The highest BCUT2D eigenvalue weighted by atomic mass is 32.1. The number of carbonyl (C=O) groups excluding carboxylic acids is 1. The second-order valence-corrected chi connectivity index (χ2v) is 5.56. The van der Waals surface area contributed by atoms with Gasteiger partial charge >= 0.3 is 0 Å². The van der Waals surface area contributed by atoms with E-state index in [2.05, 4.69) is 10.3 Å². The second kappa shape index (κ2) is 6.55. The third-order valence-electron chi connectivity index (χ3n) is 3.26. The van der Waals surface area contributed by atoms with Crippen molar-refractivity contribution >= 4 is 17.2 Å². The molecule has 3 aromatic rings. The monoisotopic (exact) mass is 314 g/mol. The molecule has 0 saturated carbocycles. The number of aliphatic hydroxyl groups excluding tert-OH is 1. The SMILES string of the molecule is O=C(NCc1ccccc1CO)c1ncoc1-c1cccs1. The fraction of sp³-hybridized carbons (Fsp3) is 0.125. The Morgan fingerprint density at radius 3 is 2.77 bits per heavy atom. The number of amides is 1. The van der Waals surface area contributed by atoms with Gasteiger partial charge in [-0.2, -0.15) is 0 Å². The number of aromatic nitrogens is 1. The van der Waals surface area contributed by atoms with Crippen molar-refractivity contribution in [3.8, 4) is 10.6 Å². The maximum absolute atomic E-state index is 12.3. The highest BCUT2D eigenvalue weighted by Gasteiger charge is 2.18. The van der Waals surface area contributed by atoms with Crippen LogP contribution in [0.1, 0.15) is 21.6 Å². The van der Waals surface area contributed by atoms with Gasteiger partial charge < -0.3 is 14.8 Å². The molecule has 0 aliphatic carbocycles. The largest absolute Gasteiger partial charge is 0.442 e. The lowest BCUT2D eigenvalue weighted by molar-refractivity contribution is 0.0946. The molecular formula is C16H14N2O3S. The lowest BCUT2D eigenvalue weighted by atomic mass is 10.1. The molecule has 0 bridgehead atoms. The van der Waals surface area contributed by atoms with Gasteiger partial charge in [0.25, 0.3) is 5.91 Å². The van der Waals surface area contributed by atoms with Gasteiger partial charge in [-0.25, -0.2) is 4.98 Å². The molecule has 2 heterocycles. The van der Waals surface area contributed by atoms with Crippen molar-refractivity contribution in [2.45, 2.75) is 13.2 Å². The number of hydrogen-bond donors (Lipinski definition) is 2. The minimum atomic E-state index is -0.301. The number of carbonyl (C=O) groups is 1. The van der Waals surface area contributed by atoms with E-state index < -0.39 is 0 Å². The molecule has 0 spiro atoms. The molecule has 0 saturated heterocycles. The van der Waals surface area contributed by atoms with Crippen LogP contribution in [0.15, 0.2) is 52.6 Å². The Balaban J connectivity index is 1.75. The maximum atomic E-state index is 12.3. The Bertz CT molecular complexity index is 765. The summed E-state index contributed by atoms with van der Waals surface area (Å²) in [5.41, 5.74) is 1.94. The van der Waals surface area contributed by atoms with E-state index in [0.29, 0.717) is 12.3 Å². The van der Waals surface area contributed by atoms with Gasteiger partial charge in [-0.05, 0) is 22.6 Å². The van der Waals surface area contributed by atoms with Gasteiger partial charge in [0.1, 0.15) is 0 Å². The van der Waals surface area contributed by atoms with Crippen molar-refractivity contribution in [3.63, 3.8) is 0 Å². The van der Waals surface area contributed by atoms with E-state index in [0.717, 1.165) is 16.0 Å². The smallest absolute Gasteiger partial charge is 0.274 e. The Hall–Kier alpha value is -2.44. The van der Waals surface area contributed by atoms with Gasteiger partial charge in [0.05, 0.1) is 11.5 Å². The van der Waals surface area contributed by atoms with Gasteiger partial charge in [0.2, 0.25) is 0 Å². The van der Waals surface area contributed by atoms with Crippen molar-refractivity contribution in [2.24, 2.45) is 0 Å². The number of thiophene rings is 1. The summed E-state index contributed by atoms with van der Waals surface area (Å²) in [5, 5.41) is 14.0. The first-order chi connectivity index (χ1) is 10.8. The summed E-state index contributed by atoms with van der Waals surface area (Å²) in [7, 11) is 0. The van der Waals surface area contributed by atoms with Gasteiger partial charge in [-0.1, -0.05) is 30.3 Å². The predicted molar refractivity (Wildman–Crippen MR) is 83.4 cm³/mol. The van der Waals surface area contributed by atoms with E-state index in [1.54, 1.807) is 0 Å². The molecule has 0 aliphatic heterocycles. The zero-order valence-electron chi connectivity index (χ0n) is 11.7. The molecule has 0 fully saturated rings. The second-order valence-electron chi connectivity index (χ2n) is 4.62. The normalized spacial score (nSPS) is 10.6. The van der Waals surface area contributed by atoms with E-state index in [-0.39, 0.29) is 18.2 Å². The minimum absolute atomic E-state index is 0.0591. The molecule has 0 atom stereocenters. The zero-order valence-corrected chi connectivity index (χ0v) is 12.5. The summed E-state index contributed by atoms with van der Waals surface area (Å²) < 4.78 is 5.33. The van der Waals surface area contributed by atoms with E-state index in [9.17, 15) is 9.90 Å². The first kappa shape index (κ1) is 14.5. The molecule has 6 heteroatoms. The molecule has 2 N–H and O–H groups in total. The maximum Gasteiger partial charge on any atom is 0.274 e. The van der Waals surface area contributed by atoms with Crippen LogP contribution in [0.2, 0.25) is 0 Å². The van der Waals surface area contributed by atoms with E-state index in [1.165, 1.54) is 17.7 Å². The van der Waals surface area contributed by atoms with Gasteiger partial charge in [0.15, 0.2) is 17.8 Å². The summed E-state index contributed by atoms with van der Waals surface area (Å²) >= 11 is 1.49. The molecule has 0 unspecified atom stereocenters. The fourth-order valence-electron chi connectivity index (χ4n) is 2.13. The lowest BCUT2D eigenvalue weighted by Crippen LogP contribution is -2.24. The van der Waals surface area contributed by atoms with Crippen LogP contribution in [0, 0.1) is 0 Å². The van der Waals surface area contributed by atoms with Crippen LogP contribution in [-0.2, 0) is 13.2 Å². The summed E-state index contributed by atoms with van der Waals surface area (Å²) in [4.78, 5) is 17.2. The first-order valence-electron chi connectivity index (χ1n) is 6.73. The molecule has 112 valence electrons. The molecule has 22 heavy (non-hydrogen) atoms. The van der Waals surface area contributed by atoms with Crippen LogP contribution in [0.5, 0.6) is 0 Å². The molecule has 2 aromatic heterocycles. The average Bonchev–Trinajstić information content (AvgIpc) is 3.23. The molecule has 1 aromatic carbocycles. The predicted octanol–water partition coefficient (Wildman–Crippen LogP) is 2.83. The Morgan fingerprint density at radius 1 is 1.23 bits per heavy atom. The van der Waals surface area contributed by atoms with Gasteiger partial charge in [-0.3, -0.25) is 4.79 Å². The summed E-state index contributed by atoms with van der Waals surface area (Å²) in [6.45, 7) is 0.267. The highest BCUT2D eigenvalue weighted by molar-refractivity contribution is 7.13. The molecule has 5 nitrogen and oxygen atoms in total. The Kier molecular flexibility index (Phi) is 4.32. The van der Waals surface area contributed by atoms with Crippen LogP contribution >= 0.6 is 11.3 Å². The van der Waals surface area contributed by atoms with Gasteiger partial charge in [-0.15, -0.1) is 11.3 Å². The summed E-state index contributed by atoms with van der Waals surface area (Å²) in [5.74, 6) is 0.174. The first-order valence-corrected chi connectivity index (χ1v) is 7.60. The van der Waals surface area contributed by atoms with Gasteiger partial charge in [0, 0.05) is 6.54 Å². The van der Waals surface area contributed by atoms with E-state index in [4.69, 9.17) is 4.42 Å². The summed E-state index contributed by atoms with van der Waals surface area (Å²) in [6, 6.07) is 11.2. The van der Waals surface area contributed by atoms with Crippen LogP contribution in [0.4, 0.5) is 0 Å². The number of benzene rings is 1. The minimum Gasteiger partial charge on any atom is -0.442 e. The number of hydrogen-bond acceptors (Lipinski definition) is 5. The number of rotatable bonds is 5. The van der Waals surface area contributed by atoms with Crippen molar-refractivity contribution in [1.29, 1.82) is 0 Å². The quantitative estimate of drug-likeness (QED) is 0.759. The molecule has 0 radical (unpaired) electrons. The standard InChI is InChI=1S/C16H14N2O3S/c19-9-12-5-2-1-4-11(12)8-17-16(20)14-15(21-10-18-14)13-6-3-7-22-13/h1-7,10,19H,8-9H2,(H,17,20). The molecule has 0 aliphatic rings. The summed E-state index contributed by atoms with van der Waals surface area (Å²) in [6.07, 6.45) is 1.27. The topological polar surface area (TPSA) is 75.4 Å². The third-order valence-corrected chi connectivity index (χ3v) is 4.12. The zero-order chi connectivity index (χ0) is 15.4. The average molecular weight is 314 g/mol. The molecular weight excluding hydrogens is 300 g/mol. The van der Waals surface area contributed by atoms with E-state index in [1.807, 2.05) is 41.8 Å². The number of nitrogens with zero attached hydrogens (tertiary/aromatic N) is 1. The number of oxazole rings is 1. The van der Waals surface area contributed by atoms with Crippen LogP contribution < -0.4 is 5.32 Å². The van der Waals surface area contributed by atoms with Crippen LogP contribution in [-0.4, -0.2) is 16.0 Å².